The molecule has 0 bridgehead atoms. The van der Waals surface area contributed by atoms with E-state index >= 15 is 0 Å². The number of aromatic hydroxyl groups is 1. The maximum Gasteiger partial charge on any atom is 0.142 e. The molecule has 0 aliphatic carbocycles. The van der Waals surface area contributed by atoms with Crippen LogP contribution in [0.5, 0.6) is 11.5 Å². The highest BCUT2D eigenvalue weighted by Crippen LogP contribution is 2.28. The molecule has 0 fully saturated rings. The number of phenolic OH excluding ortho intramolecular Hbond substituents is 1. The van der Waals surface area contributed by atoms with Crippen molar-refractivity contribution in [1.82, 2.24) is 0 Å². The quantitative estimate of drug-likeness (QED) is 0.436. The van der Waals surface area contributed by atoms with Gasteiger partial charge in [0.25, 0.3) is 0 Å². The van der Waals surface area contributed by atoms with Crippen molar-refractivity contribution in [3.8, 4) is 11.5 Å². The Morgan fingerprint density at radius 1 is 1.08 bits per heavy atom. The highest BCUT2D eigenvalue weighted by atomic mass is 16.5. The highest BCUT2D eigenvalue weighted by Gasteiger charge is 2.06. The summed E-state index contributed by atoms with van der Waals surface area (Å²) in [5.74, 6) is 0.792. The Bertz CT molecular complexity index is 788. The van der Waals surface area contributed by atoms with Crippen LogP contribution in [0, 0.1) is 0 Å². The molecule has 0 saturated carbocycles. The van der Waals surface area contributed by atoms with Gasteiger partial charge in [-0.15, -0.1) is 0 Å². The normalized spacial score (nSPS) is 10.8. The second-order valence-electron chi connectivity index (χ2n) is 5.92. The zero-order valence-electron chi connectivity index (χ0n) is 14.3. The van der Waals surface area contributed by atoms with Crippen molar-refractivity contribution in [2.24, 2.45) is 0 Å². The smallest absolute Gasteiger partial charge is 0.142 e. The molecule has 2 aromatic rings. The Morgan fingerprint density at radius 3 is 2.50 bits per heavy atom. The lowest BCUT2D eigenvalue weighted by molar-refractivity contribution is 0.417. The monoisotopic (exact) mass is 324 g/mol. The number of benzene rings is 2. The third kappa shape index (κ3) is 4.32. The number of methoxy groups -OCH3 is 1. The summed E-state index contributed by atoms with van der Waals surface area (Å²) in [6, 6.07) is 8.89. The van der Waals surface area contributed by atoms with Gasteiger partial charge in [0, 0.05) is 11.8 Å². The summed E-state index contributed by atoms with van der Waals surface area (Å²) in [5, 5.41) is 9.85. The van der Waals surface area contributed by atoms with Gasteiger partial charge in [0.2, 0.25) is 0 Å². The van der Waals surface area contributed by atoms with E-state index in [1.807, 2.05) is 38.1 Å². The minimum atomic E-state index is 0.156. The fourth-order valence-electron chi connectivity index (χ4n) is 2.41. The SMILES string of the molecule is COc1cc(/C=C/c2cc(O)cc(N)c2CC=C(C)C)ccc1N. The molecule has 0 spiro atoms. The largest absolute Gasteiger partial charge is 0.508 e. The van der Waals surface area contributed by atoms with Crippen LogP contribution >= 0.6 is 0 Å². The van der Waals surface area contributed by atoms with E-state index in [9.17, 15) is 5.11 Å². The molecule has 4 nitrogen and oxygen atoms in total. The number of allylic oxidation sites excluding steroid dienone is 2. The highest BCUT2D eigenvalue weighted by molar-refractivity contribution is 5.76. The molecule has 4 heteroatoms. The van der Waals surface area contributed by atoms with E-state index in [4.69, 9.17) is 16.2 Å². The molecule has 0 aromatic heterocycles. The van der Waals surface area contributed by atoms with Crippen molar-refractivity contribution in [2.45, 2.75) is 20.3 Å². The fraction of sp³-hybridized carbons (Fsp3) is 0.200. The van der Waals surface area contributed by atoms with Crippen LogP contribution < -0.4 is 16.2 Å². The van der Waals surface area contributed by atoms with Gasteiger partial charge in [-0.3, -0.25) is 0 Å². The lowest BCUT2D eigenvalue weighted by Crippen LogP contribution is -1.97. The van der Waals surface area contributed by atoms with E-state index in [0.29, 0.717) is 17.1 Å². The predicted molar refractivity (Wildman–Crippen MR) is 102 cm³/mol. The molecule has 0 atom stereocenters. The Labute approximate surface area is 143 Å². The molecule has 5 N–H and O–H groups in total. The summed E-state index contributed by atoms with van der Waals surface area (Å²) in [5.41, 5.74) is 17.2. The third-order valence-electron chi connectivity index (χ3n) is 3.73. The van der Waals surface area contributed by atoms with Crippen molar-refractivity contribution >= 4 is 23.5 Å². The van der Waals surface area contributed by atoms with Gasteiger partial charge < -0.3 is 21.3 Å². The molecule has 0 saturated heterocycles. The van der Waals surface area contributed by atoms with Gasteiger partial charge in [-0.25, -0.2) is 0 Å². The number of hydrogen-bond donors (Lipinski definition) is 3. The zero-order valence-corrected chi connectivity index (χ0v) is 14.3. The molecular weight excluding hydrogens is 300 g/mol. The zero-order chi connectivity index (χ0) is 17.7. The van der Waals surface area contributed by atoms with E-state index in [1.165, 1.54) is 5.57 Å². The van der Waals surface area contributed by atoms with Gasteiger partial charge in [-0.1, -0.05) is 29.9 Å². The van der Waals surface area contributed by atoms with Crippen LogP contribution in [0.3, 0.4) is 0 Å². The molecular formula is C20H24N2O2. The lowest BCUT2D eigenvalue weighted by Gasteiger charge is -2.10. The van der Waals surface area contributed by atoms with E-state index in [1.54, 1.807) is 25.3 Å². The first-order chi connectivity index (χ1) is 11.4. The van der Waals surface area contributed by atoms with E-state index in [-0.39, 0.29) is 5.75 Å². The Hall–Kier alpha value is -2.88. The summed E-state index contributed by atoms with van der Waals surface area (Å²) >= 11 is 0. The molecule has 0 heterocycles. The van der Waals surface area contributed by atoms with Crippen molar-refractivity contribution in [2.75, 3.05) is 18.6 Å². The second kappa shape index (κ2) is 7.59. The molecule has 24 heavy (non-hydrogen) atoms. The second-order valence-corrected chi connectivity index (χ2v) is 5.92. The van der Waals surface area contributed by atoms with Crippen LogP contribution in [-0.4, -0.2) is 12.2 Å². The number of rotatable bonds is 5. The number of nitrogen functional groups attached to an aromatic ring is 2. The average Bonchev–Trinajstić information content (AvgIpc) is 2.52. The first-order valence-electron chi connectivity index (χ1n) is 7.77. The van der Waals surface area contributed by atoms with Gasteiger partial charge in [-0.2, -0.15) is 0 Å². The molecule has 0 aliphatic heterocycles. The molecule has 0 unspecified atom stereocenters. The first kappa shape index (κ1) is 17.5. The van der Waals surface area contributed by atoms with E-state index < -0.39 is 0 Å². The van der Waals surface area contributed by atoms with Crippen molar-refractivity contribution in [3.05, 3.63) is 58.7 Å². The number of nitrogens with two attached hydrogens (primary N) is 2. The van der Waals surface area contributed by atoms with Gasteiger partial charge in [0.05, 0.1) is 12.8 Å². The molecule has 0 aliphatic rings. The van der Waals surface area contributed by atoms with Crippen LogP contribution in [0.1, 0.15) is 30.5 Å². The molecule has 0 radical (unpaired) electrons. The van der Waals surface area contributed by atoms with E-state index in [2.05, 4.69) is 6.08 Å². The summed E-state index contributed by atoms with van der Waals surface area (Å²) in [6.07, 6.45) is 6.73. The molecule has 2 rings (SSSR count). The standard InChI is InChI=1S/C20H24N2O2/c1-13(2)4-8-17-15(11-16(23)12-19(17)22)7-5-14-6-9-18(21)20(10-14)24-3/h4-7,9-12,23H,8,21-22H2,1-3H3/b7-5+. The van der Waals surface area contributed by atoms with Gasteiger partial charge in [-0.05, 0) is 55.2 Å². The van der Waals surface area contributed by atoms with Gasteiger partial charge in [0.15, 0.2) is 0 Å². The maximum absolute atomic E-state index is 9.85. The van der Waals surface area contributed by atoms with Crippen LogP contribution in [0.25, 0.3) is 12.2 Å². The number of phenols is 1. The molecule has 0 amide bonds. The summed E-state index contributed by atoms with van der Waals surface area (Å²) in [7, 11) is 1.59. The number of ether oxygens (including phenoxy) is 1. The van der Waals surface area contributed by atoms with Crippen molar-refractivity contribution in [3.63, 3.8) is 0 Å². The summed E-state index contributed by atoms with van der Waals surface area (Å²) in [6.45, 7) is 4.10. The first-order valence-corrected chi connectivity index (χ1v) is 7.77. The van der Waals surface area contributed by atoms with Crippen LogP contribution in [0.2, 0.25) is 0 Å². The van der Waals surface area contributed by atoms with Crippen LogP contribution in [-0.2, 0) is 6.42 Å². The lowest BCUT2D eigenvalue weighted by atomic mass is 9.99. The third-order valence-corrected chi connectivity index (χ3v) is 3.73. The van der Waals surface area contributed by atoms with Gasteiger partial charge in [0.1, 0.15) is 11.5 Å². The molecule has 2 aromatic carbocycles. The van der Waals surface area contributed by atoms with Crippen molar-refractivity contribution in [1.29, 1.82) is 0 Å². The van der Waals surface area contributed by atoms with E-state index in [0.717, 1.165) is 23.1 Å². The predicted octanol–water partition coefficient (Wildman–Crippen LogP) is 4.24. The topological polar surface area (TPSA) is 81.5 Å². The van der Waals surface area contributed by atoms with Crippen LogP contribution in [0.15, 0.2) is 42.0 Å². The van der Waals surface area contributed by atoms with Crippen molar-refractivity contribution < 1.29 is 9.84 Å². The summed E-state index contributed by atoms with van der Waals surface area (Å²) < 4.78 is 5.24. The fourth-order valence-corrected chi connectivity index (χ4v) is 2.41. The number of hydrogen-bond acceptors (Lipinski definition) is 4. The molecule has 126 valence electrons. The minimum absolute atomic E-state index is 0.156. The maximum atomic E-state index is 9.85. The Balaban J connectivity index is 2.39. The summed E-state index contributed by atoms with van der Waals surface area (Å²) in [4.78, 5) is 0. The minimum Gasteiger partial charge on any atom is -0.508 e. The Morgan fingerprint density at radius 2 is 1.83 bits per heavy atom. The van der Waals surface area contributed by atoms with Gasteiger partial charge >= 0.3 is 0 Å². The average molecular weight is 324 g/mol. The Kier molecular flexibility index (Phi) is 5.53. The number of anilines is 2. The van der Waals surface area contributed by atoms with Crippen LogP contribution in [0.4, 0.5) is 11.4 Å².